The van der Waals surface area contributed by atoms with E-state index in [-0.39, 0.29) is 6.61 Å². The Morgan fingerprint density at radius 1 is 1.05 bits per heavy atom. The second-order valence-corrected chi connectivity index (χ2v) is 5.72. The summed E-state index contributed by atoms with van der Waals surface area (Å²) in [7, 11) is 0. The normalized spacial score (nSPS) is 15.3. The molecule has 0 saturated carbocycles. The van der Waals surface area contributed by atoms with Crippen molar-refractivity contribution >= 4 is 11.8 Å². The van der Waals surface area contributed by atoms with Crippen LogP contribution in [0.5, 0.6) is 0 Å². The fourth-order valence-electron chi connectivity index (χ4n) is 2.05. The van der Waals surface area contributed by atoms with E-state index in [0.717, 1.165) is 26.2 Å². The van der Waals surface area contributed by atoms with E-state index in [0.29, 0.717) is 0 Å². The molecule has 0 fully saturated rings. The Bertz CT molecular complexity index is 310. The molecule has 0 heterocycles. The highest BCUT2D eigenvalue weighted by Gasteiger charge is 2.42. The Morgan fingerprint density at radius 2 is 1.52 bits per heavy atom. The third-order valence-electron chi connectivity index (χ3n) is 3.49. The minimum atomic E-state index is -2.27. The van der Waals surface area contributed by atoms with Crippen LogP contribution in [0.2, 0.25) is 0 Å². The number of hydrogen-bond donors (Lipinski definition) is 2. The summed E-state index contributed by atoms with van der Waals surface area (Å²) < 4.78 is 4.90. The molecule has 0 radical (unpaired) electrons. The maximum atomic E-state index is 11.6. The van der Waals surface area contributed by atoms with Crippen LogP contribution in [-0.4, -0.2) is 40.3 Å². The lowest BCUT2D eigenvalue weighted by Gasteiger charge is -2.21. The van der Waals surface area contributed by atoms with E-state index in [1.807, 2.05) is 0 Å². The van der Waals surface area contributed by atoms with E-state index in [1.165, 1.54) is 39.0 Å². The first kappa shape index (κ1) is 20.1. The summed E-state index contributed by atoms with van der Waals surface area (Å²) in [5.41, 5.74) is -2.27. The number of aliphatic hydroxyl groups is 2. The zero-order valence-corrected chi connectivity index (χ0v) is 13.6. The van der Waals surface area contributed by atoms with Gasteiger partial charge in [0.15, 0.2) is 0 Å². The van der Waals surface area contributed by atoms with Crippen molar-refractivity contribution in [3.63, 3.8) is 0 Å². The van der Waals surface area contributed by atoms with Crippen molar-refractivity contribution in [1.29, 1.82) is 0 Å². The lowest BCUT2D eigenvalue weighted by atomic mass is 9.97. The zero-order valence-electron chi connectivity index (χ0n) is 13.6. The lowest BCUT2D eigenvalue weighted by molar-refractivity contribution is -0.171. The zero-order chi connectivity index (χ0) is 16.3. The van der Waals surface area contributed by atoms with Gasteiger partial charge in [0.05, 0.1) is 6.61 Å². The predicted molar refractivity (Wildman–Crippen MR) is 80.9 cm³/mol. The van der Waals surface area contributed by atoms with Gasteiger partial charge in [-0.1, -0.05) is 51.9 Å². The third kappa shape index (κ3) is 8.17. The van der Waals surface area contributed by atoms with Gasteiger partial charge in [-0.05, 0) is 20.3 Å². The van der Waals surface area contributed by atoms with Gasteiger partial charge < -0.3 is 14.9 Å². The number of carbonyl (C=O) groups is 2. The molecule has 5 nitrogen and oxygen atoms in total. The third-order valence-corrected chi connectivity index (χ3v) is 3.49. The number of ether oxygens (including phenoxy) is 1. The van der Waals surface area contributed by atoms with Crippen LogP contribution in [0.25, 0.3) is 0 Å². The van der Waals surface area contributed by atoms with Crippen molar-refractivity contribution in [1.82, 2.24) is 0 Å². The van der Waals surface area contributed by atoms with Gasteiger partial charge in [-0.15, -0.1) is 0 Å². The van der Waals surface area contributed by atoms with Gasteiger partial charge in [-0.25, -0.2) is 4.79 Å². The minimum absolute atomic E-state index is 0.192. The molecule has 0 aliphatic heterocycles. The van der Waals surface area contributed by atoms with Crippen molar-refractivity contribution in [2.24, 2.45) is 0 Å². The first-order valence-corrected chi connectivity index (χ1v) is 7.96. The van der Waals surface area contributed by atoms with Crippen LogP contribution < -0.4 is 0 Å². The number of hydrogen-bond acceptors (Lipinski definition) is 5. The molecule has 0 aliphatic carbocycles. The van der Waals surface area contributed by atoms with Crippen LogP contribution in [0.1, 0.15) is 72.1 Å². The second-order valence-electron chi connectivity index (χ2n) is 5.72. The molecule has 0 saturated heterocycles. The fraction of sp³-hybridized carbons (Fsp3) is 0.875. The molecular weight excluding hydrogens is 272 g/mol. The van der Waals surface area contributed by atoms with E-state index in [2.05, 4.69) is 6.92 Å². The maximum absolute atomic E-state index is 11.6. The fourth-order valence-corrected chi connectivity index (χ4v) is 2.05. The molecule has 0 aliphatic rings. The monoisotopic (exact) mass is 302 g/mol. The number of esters is 1. The molecular formula is C16H30O5. The van der Waals surface area contributed by atoms with Crippen molar-refractivity contribution < 1.29 is 24.5 Å². The second kappa shape index (κ2) is 10.7. The van der Waals surface area contributed by atoms with Crippen molar-refractivity contribution in [2.75, 3.05) is 6.61 Å². The maximum Gasteiger partial charge on any atom is 0.345 e. The summed E-state index contributed by atoms with van der Waals surface area (Å²) in [6.45, 7) is 4.64. The molecule has 0 amide bonds. The molecule has 0 spiro atoms. The molecule has 5 heteroatoms. The SMILES string of the molecule is CCCCCCCCCCOC(=O)C(C)(O)C(=O)C(C)O. The van der Waals surface area contributed by atoms with Crippen LogP contribution in [0, 0.1) is 0 Å². The largest absolute Gasteiger partial charge is 0.463 e. The summed E-state index contributed by atoms with van der Waals surface area (Å²) in [6.07, 6.45) is 7.61. The van der Waals surface area contributed by atoms with Crippen molar-refractivity contribution in [3.05, 3.63) is 0 Å². The van der Waals surface area contributed by atoms with Crippen molar-refractivity contribution in [2.45, 2.75) is 83.8 Å². The van der Waals surface area contributed by atoms with E-state index >= 15 is 0 Å². The van der Waals surface area contributed by atoms with Gasteiger partial charge in [0.25, 0.3) is 0 Å². The average Bonchev–Trinajstić information content (AvgIpc) is 2.44. The highest BCUT2D eigenvalue weighted by molar-refractivity contribution is 6.08. The minimum Gasteiger partial charge on any atom is -0.463 e. The van der Waals surface area contributed by atoms with Crippen LogP contribution >= 0.6 is 0 Å². The average molecular weight is 302 g/mol. The molecule has 21 heavy (non-hydrogen) atoms. The Morgan fingerprint density at radius 3 is 2.00 bits per heavy atom. The van der Waals surface area contributed by atoms with E-state index in [1.54, 1.807) is 0 Å². The molecule has 0 aromatic rings. The molecule has 0 bridgehead atoms. The van der Waals surface area contributed by atoms with E-state index in [4.69, 9.17) is 9.84 Å². The lowest BCUT2D eigenvalue weighted by Crippen LogP contribution is -2.49. The van der Waals surface area contributed by atoms with Crippen LogP contribution in [0.15, 0.2) is 0 Å². The number of aliphatic hydroxyl groups excluding tert-OH is 1. The smallest absolute Gasteiger partial charge is 0.345 e. The molecule has 2 unspecified atom stereocenters. The summed E-state index contributed by atoms with van der Waals surface area (Å²) >= 11 is 0. The van der Waals surface area contributed by atoms with Gasteiger partial charge >= 0.3 is 5.97 Å². The summed E-state index contributed by atoms with van der Waals surface area (Å²) in [6, 6.07) is 0. The topological polar surface area (TPSA) is 83.8 Å². The Hall–Kier alpha value is -0.940. The standard InChI is InChI=1S/C16H30O5/c1-4-5-6-7-8-9-10-11-12-21-15(19)16(3,20)14(18)13(2)17/h13,17,20H,4-12H2,1-3H3. The van der Waals surface area contributed by atoms with Gasteiger partial charge in [-0.2, -0.15) is 0 Å². The van der Waals surface area contributed by atoms with E-state index < -0.39 is 23.5 Å². The quantitative estimate of drug-likeness (QED) is 0.328. The van der Waals surface area contributed by atoms with Crippen LogP contribution in [0.4, 0.5) is 0 Å². The molecule has 2 atom stereocenters. The van der Waals surface area contributed by atoms with Crippen molar-refractivity contribution in [3.8, 4) is 0 Å². The molecule has 0 aromatic heterocycles. The van der Waals surface area contributed by atoms with Gasteiger partial charge in [0, 0.05) is 0 Å². The first-order valence-electron chi connectivity index (χ1n) is 7.96. The first-order chi connectivity index (χ1) is 9.84. The van der Waals surface area contributed by atoms with Crippen LogP contribution in [0.3, 0.4) is 0 Å². The molecule has 0 rings (SSSR count). The number of ketones is 1. The van der Waals surface area contributed by atoms with Gasteiger partial charge in [0.1, 0.15) is 6.10 Å². The molecule has 124 valence electrons. The van der Waals surface area contributed by atoms with Crippen LogP contribution in [-0.2, 0) is 14.3 Å². The molecule has 2 N–H and O–H groups in total. The van der Waals surface area contributed by atoms with E-state index in [9.17, 15) is 14.7 Å². The number of Topliss-reactive ketones (excluding diaryl/α,β-unsaturated/α-hetero) is 1. The van der Waals surface area contributed by atoms with Gasteiger partial charge in [0.2, 0.25) is 11.4 Å². The summed E-state index contributed by atoms with van der Waals surface area (Å²) in [4.78, 5) is 23.1. The predicted octanol–water partition coefficient (Wildman–Crippen LogP) is 2.37. The Balaban J connectivity index is 3.73. The summed E-state index contributed by atoms with van der Waals surface area (Å²) in [5, 5.41) is 18.9. The number of rotatable bonds is 12. The Labute approximate surface area is 127 Å². The molecule has 0 aromatic carbocycles. The number of carbonyl (C=O) groups excluding carboxylic acids is 2. The summed E-state index contributed by atoms with van der Waals surface area (Å²) in [5.74, 6) is -1.93. The Kier molecular flexibility index (Phi) is 10.3. The highest BCUT2D eigenvalue weighted by atomic mass is 16.6. The van der Waals surface area contributed by atoms with Gasteiger partial charge in [-0.3, -0.25) is 4.79 Å². The highest BCUT2D eigenvalue weighted by Crippen LogP contribution is 2.12. The number of unbranched alkanes of at least 4 members (excludes halogenated alkanes) is 7.